The van der Waals surface area contributed by atoms with Gasteiger partial charge in [0.1, 0.15) is 5.82 Å². The van der Waals surface area contributed by atoms with Crippen LogP contribution in [0.15, 0.2) is 30.5 Å². The zero-order chi connectivity index (χ0) is 13.2. The Balaban J connectivity index is 2.12. The SMILES string of the molecule is CC(CC(F)(F)F)Nc1cnc2ccccc2n1. The number of nitrogens with zero attached hydrogens (tertiary/aromatic N) is 2. The third-order valence-corrected chi connectivity index (χ3v) is 2.38. The molecule has 1 N–H and O–H groups in total. The third-order valence-electron chi connectivity index (χ3n) is 2.38. The summed E-state index contributed by atoms with van der Waals surface area (Å²) in [5, 5.41) is 2.70. The van der Waals surface area contributed by atoms with Gasteiger partial charge in [-0.25, -0.2) is 4.98 Å². The van der Waals surface area contributed by atoms with Crippen LogP contribution in [0.25, 0.3) is 11.0 Å². The highest BCUT2D eigenvalue weighted by atomic mass is 19.4. The lowest BCUT2D eigenvalue weighted by atomic mass is 10.2. The van der Waals surface area contributed by atoms with Crippen LogP contribution in [0.4, 0.5) is 19.0 Å². The van der Waals surface area contributed by atoms with E-state index in [1.165, 1.54) is 13.1 Å². The first-order valence-corrected chi connectivity index (χ1v) is 5.49. The molecule has 2 rings (SSSR count). The summed E-state index contributed by atoms with van der Waals surface area (Å²) in [4.78, 5) is 8.33. The van der Waals surface area contributed by atoms with Crippen LogP contribution >= 0.6 is 0 Å². The van der Waals surface area contributed by atoms with Crippen molar-refractivity contribution < 1.29 is 13.2 Å². The van der Waals surface area contributed by atoms with Gasteiger partial charge in [0.05, 0.1) is 23.7 Å². The number of rotatable bonds is 3. The van der Waals surface area contributed by atoms with Crippen molar-refractivity contribution >= 4 is 16.9 Å². The first-order chi connectivity index (χ1) is 8.44. The molecule has 1 heterocycles. The van der Waals surface area contributed by atoms with Crippen molar-refractivity contribution in [1.29, 1.82) is 0 Å². The number of anilines is 1. The molecule has 0 fully saturated rings. The Hall–Kier alpha value is -1.85. The lowest BCUT2D eigenvalue weighted by molar-refractivity contribution is -0.136. The summed E-state index contributed by atoms with van der Waals surface area (Å²) in [6.45, 7) is 1.46. The molecule has 1 atom stereocenters. The van der Waals surface area contributed by atoms with Crippen LogP contribution in [-0.4, -0.2) is 22.2 Å². The maximum absolute atomic E-state index is 12.2. The molecule has 0 amide bonds. The number of halogens is 3. The predicted octanol–water partition coefficient (Wildman–Crippen LogP) is 3.38. The zero-order valence-corrected chi connectivity index (χ0v) is 9.70. The molecule has 0 aliphatic rings. The van der Waals surface area contributed by atoms with Gasteiger partial charge in [-0.2, -0.15) is 13.2 Å². The van der Waals surface area contributed by atoms with E-state index in [0.29, 0.717) is 16.9 Å². The van der Waals surface area contributed by atoms with Gasteiger partial charge in [-0.3, -0.25) is 4.98 Å². The second kappa shape index (κ2) is 4.80. The van der Waals surface area contributed by atoms with Crippen molar-refractivity contribution in [2.24, 2.45) is 0 Å². The number of benzene rings is 1. The van der Waals surface area contributed by atoms with Crippen LogP contribution < -0.4 is 5.32 Å². The first kappa shape index (κ1) is 12.6. The molecule has 0 radical (unpaired) electrons. The van der Waals surface area contributed by atoms with Gasteiger partial charge >= 0.3 is 6.18 Å². The van der Waals surface area contributed by atoms with Crippen LogP contribution in [0.5, 0.6) is 0 Å². The topological polar surface area (TPSA) is 37.8 Å². The van der Waals surface area contributed by atoms with Gasteiger partial charge in [-0.1, -0.05) is 12.1 Å². The number of hydrogen-bond acceptors (Lipinski definition) is 3. The molecule has 2 aromatic rings. The fraction of sp³-hybridized carbons (Fsp3) is 0.333. The van der Waals surface area contributed by atoms with E-state index in [2.05, 4.69) is 15.3 Å². The molecule has 96 valence electrons. The fourth-order valence-corrected chi connectivity index (χ4v) is 1.68. The first-order valence-electron chi connectivity index (χ1n) is 5.49. The predicted molar refractivity (Wildman–Crippen MR) is 63.3 cm³/mol. The van der Waals surface area contributed by atoms with E-state index in [-0.39, 0.29) is 0 Å². The van der Waals surface area contributed by atoms with Crippen molar-refractivity contribution in [1.82, 2.24) is 9.97 Å². The van der Waals surface area contributed by atoms with Crippen molar-refractivity contribution in [2.45, 2.75) is 25.6 Å². The van der Waals surface area contributed by atoms with Gasteiger partial charge in [-0.15, -0.1) is 0 Å². The highest BCUT2D eigenvalue weighted by Gasteiger charge is 2.30. The Morgan fingerprint density at radius 1 is 1.22 bits per heavy atom. The van der Waals surface area contributed by atoms with Crippen LogP contribution in [0.2, 0.25) is 0 Å². The number of alkyl halides is 3. The van der Waals surface area contributed by atoms with E-state index in [1.54, 1.807) is 18.2 Å². The molecule has 6 heteroatoms. The van der Waals surface area contributed by atoms with Gasteiger partial charge < -0.3 is 5.32 Å². The minimum absolute atomic E-state index is 0.352. The van der Waals surface area contributed by atoms with E-state index < -0.39 is 18.6 Å². The smallest absolute Gasteiger partial charge is 0.366 e. The molecule has 0 saturated carbocycles. The molecule has 0 spiro atoms. The van der Waals surface area contributed by atoms with E-state index in [9.17, 15) is 13.2 Å². The molecule has 1 unspecified atom stereocenters. The second-order valence-corrected chi connectivity index (χ2v) is 4.11. The van der Waals surface area contributed by atoms with Crippen molar-refractivity contribution in [3.63, 3.8) is 0 Å². The Morgan fingerprint density at radius 3 is 2.56 bits per heavy atom. The quantitative estimate of drug-likeness (QED) is 0.913. The molecular formula is C12H12F3N3. The van der Waals surface area contributed by atoms with Crippen molar-refractivity contribution in [3.05, 3.63) is 30.5 Å². The van der Waals surface area contributed by atoms with Gasteiger partial charge in [0.25, 0.3) is 0 Å². The standard InChI is InChI=1S/C12H12F3N3/c1-8(6-12(13,14)15)17-11-7-16-9-4-2-3-5-10(9)18-11/h2-5,7-8H,6H2,1H3,(H,17,18). The molecule has 0 saturated heterocycles. The summed E-state index contributed by atoms with van der Waals surface area (Å²) in [5.74, 6) is 0.352. The van der Waals surface area contributed by atoms with E-state index >= 15 is 0 Å². The van der Waals surface area contributed by atoms with Crippen molar-refractivity contribution in [2.75, 3.05) is 5.32 Å². The summed E-state index contributed by atoms with van der Waals surface area (Å²) < 4.78 is 36.6. The summed E-state index contributed by atoms with van der Waals surface area (Å²) in [7, 11) is 0. The van der Waals surface area contributed by atoms with Crippen LogP contribution in [0.3, 0.4) is 0 Å². The van der Waals surface area contributed by atoms with Gasteiger partial charge in [0, 0.05) is 6.04 Å². The van der Waals surface area contributed by atoms with Crippen molar-refractivity contribution in [3.8, 4) is 0 Å². The normalized spacial score (nSPS) is 13.6. The van der Waals surface area contributed by atoms with Crippen LogP contribution in [0, 0.1) is 0 Å². The number of hydrogen-bond donors (Lipinski definition) is 1. The average Bonchev–Trinajstić information content (AvgIpc) is 2.26. The van der Waals surface area contributed by atoms with Gasteiger partial charge in [0.15, 0.2) is 0 Å². The largest absolute Gasteiger partial charge is 0.391 e. The minimum atomic E-state index is -4.18. The Labute approximate surface area is 102 Å². The van der Waals surface area contributed by atoms with E-state index in [0.717, 1.165) is 0 Å². The maximum atomic E-state index is 12.2. The molecule has 0 aliphatic heterocycles. The van der Waals surface area contributed by atoms with E-state index in [1.807, 2.05) is 6.07 Å². The lowest BCUT2D eigenvalue weighted by Crippen LogP contribution is -2.24. The number of nitrogens with one attached hydrogen (secondary N) is 1. The summed E-state index contributed by atoms with van der Waals surface area (Å²) in [6.07, 6.45) is -3.65. The summed E-state index contributed by atoms with van der Waals surface area (Å²) >= 11 is 0. The summed E-state index contributed by atoms with van der Waals surface area (Å²) in [6, 6.07) is 6.46. The molecule has 0 bridgehead atoms. The molecule has 1 aromatic heterocycles. The molecule has 3 nitrogen and oxygen atoms in total. The highest BCUT2D eigenvalue weighted by Crippen LogP contribution is 2.23. The van der Waals surface area contributed by atoms with Gasteiger partial charge in [-0.05, 0) is 19.1 Å². The Kier molecular flexibility index (Phi) is 3.36. The average molecular weight is 255 g/mol. The molecular weight excluding hydrogens is 243 g/mol. The zero-order valence-electron chi connectivity index (χ0n) is 9.70. The van der Waals surface area contributed by atoms with Crippen LogP contribution in [0.1, 0.15) is 13.3 Å². The number of aromatic nitrogens is 2. The maximum Gasteiger partial charge on any atom is 0.391 e. The highest BCUT2D eigenvalue weighted by molar-refractivity contribution is 5.75. The lowest BCUT2D eigenvalue weighted by Gasteiger charge is -2.16. The fourth-order valence-electron chi connectivity index (χ4n) is 1.68. The molecule has 0 aliphatic carbocycles. The Morgan fingerprint density at radius 2 is 1.89 bits per heavy atom. The number of para-hydroxylation sites is 2. The Bertz CT molecular complexity index is 539. The van der Waals surface area contributed by atoms with E-state index in [4.69, 9.17) is 0 Å². The monoisotopic (exact) mass is 255 g/mol. The number of fused-ring (bicyclic) bond motifs is 1. The minimum Gasteiger partial charge on any atom is -0.366 e. The molecule has 18 heavy (non-hydrogen) atoms. The molecule has 1 aromatic carbocycles. The van der Waals surface area contributed by atoms with Crippen LogP contribution in [-0.2, 0) is 0 Å². The second-order valence-electron chi connectivity index (χ2n) is 4.11. The third kappa shape index (κ3) is 3.32. The summed E-state index contributed by atoms with van der Waals surface area (Å²) in [5.41, 5.74) is 1.37. The van der Waals surface area contributed by atoms with Gasteiger partial charge in [0.2, 0.25) is 0 Å².